The van der Waals surface area contributed by atoms with Gasteiger partial charge in [-0.1, -0.05) is 55.5 Å². The second kappa shape index (κ2) is 7.71. The highest BCUT2D eigenvalue weighted by Crippen LogP contribution is 2.19. The van der Waals surface area contributed by atoms with Gasteiger partial charge >= 0.3 is 0 Å². The minimum atomic E-state index is 0.499. The van der Waals surface area contributed by atoms with E-state index in [1.54, 1.807) is 0 Å². The number of anilines is 1. The maximum atomic E-state index is 5.34. The van der Waals surface area contributed by atoms with Crippen LogP contribution in [-0.4, -0.2) is 10.8 Å². The van der Waals surface area contributed by atoms with Crippen molar-refractivity contribution < 1.29 is 0 Å². The summed E-state index contributed by atoms with van der Waals surface area (Å²) in [6.45, 7) is 6.20. The lowest BCUT2D eigenvalue weighted by molar-refractivity contribution is 1.02. The maximum absolute atomic E-state index is 5.34. The van der Waals surface area contributed by atoms with E-state index >= 15 is 0 Å². The number of rotatable bonds is 4. The summed E-state index contributed by atoms with van der Waals surface area (Å²) >= 11 is 5.34. The van der Waals surface area contributed by atoms with Gasteiger partial charge in [-0.3, -0.25) is 5.43 Å². The first kappa shape index (κ1) is 16.2. The van der Waals surface area contributed by atoms with Crippen LogP contribution in [0.2, 0.25) is 0 Å². The van der Waals surface area contributed by atoms with Crippen LogP contribution in [0.5, 0.6) is 0 Å². The largest absolute Gasteiger partial charge is 0.331 e. The Bertz CT molecular complexity index is 658. The second-order valence-electron chi connectivity index (χ2n) is 5.11. The molecule has 0 aliphatic carbocycles. The van der Waals surface area contributed by atoms with Gasteiger partial charge in [0.25, 0.3) is 0 Å². The summed E-state index contributed by atoms with van der Waals surface area (Å²) in [5.74, 6) is 0. The van der Waals surface area contributed by atoms with Crippen molar-refractivity contribution in [2.75, 3.05) is 5.32 Å². The van der Waals surface area contributed by atoms with E-state index in [0.717, 1.165) is 34.5 Å². The summed E-state index contributed by atoms with van der Waals surface area (Å²) in [4.78, 5) is 0. The zero-order valence-corrected chi connectivity index (χ0v) is 14.0. The Labute approximate surface area is 137 Å². The fraction of sp³-hybridized carbons (Fsp3) is 0.222. The van der Waals surface area contributed by atoms with Gasteiger partial charge in [-0.25, -0.2) is 0 Å². The van der Waals surface area contributed by atoms with Crippen LogP contribution in [0.3, 0.4) is 0 Å². The average Bonchev–Trinajstić information content (AvgIpc) is 2.53. The highest BCUT2D eigenvalue weighted by Gasteiger charge is 2.05. The Morgan fingerprint density at radius 1 is 1.00 bits per heavy atom. The van der Waals surface area contributed by atoms with Crippen LogP contribution in [0.4, 0.5) is 5.69 Å². The number of nitrogens with zero attached hydrogens (tertiary/aromatic N) is 1. The van der Waals surface area contributed by atoms with E-state index in [9.17, 15) is 0 Å². The molecule has 2 rings (SSSR count). The Hall–Kier alpha value is -2.20. The van der Waals surface area contributed by atoms with Crippen molar-refractivity contribution in [2.45, 2.75) is 27.2 Å². The molecule has 0 saturated heterocycles. The van der Waals surface area contributed by atoms with Crippen LogP contribution in [0.15, 0.2) is 53.6 Å². The standard InChI is InChI=1S/C18H21N3S/c1-4-16(15-11-6-5-7-12-15)20-21-18(22)19-17-13(2)9-8-10-14(17)3/h5-12H,4H2,1-3H3,(H2,19,21,22)/b20-16+. The monoisotopic (exact) mass is 311 g/mol. The summed E-state index contributed by atoms with van der Waals surface area (Å²) in [5, 5.41) is 8.15. The van der Waals surface area contributed by atoms with E-state index in [1.807, 2.05) is 36.4 Å². The Kier molecular flexibility index (Phi) is 5.67. The Balaban J connectivity index is 2.07. The molecule has 0 spiro atoms. The fourth-order valence-electron chi connectivity index (χ4n) is 2.25. The average molecular weight is 311 g/mol. The van der Waals surface area contributed by atoms with Gasteiger partial charge in [0.1, 0.15) is 0 Å². The van der Waals surface area contributed by atoms with E-state index in [0.29, 0.717) is 5.11 Å². The summed E-state index contributed by atoms with van der Waals surface area (Å²) < 4.78 is 0. The van der Waals surface area contributed by atoms with Crippen molar-refractivity contribution in [3.05, 3.63) is 65.2 Å². The van der Waals surface area contributed by atoms with Gasteiger partial charge in [-0.2, -0.15) is 5.10 Å². The molecule has 0 amide bonds. The van der Waals surface area contributed by atoms with Gasteiger partial charge in [0.05, 0.1) is 5.71 Å². The van der Waals surface area contributed by atoms with E-state index in [-0.39, 0.29) is 0 Å². The summed E-state index contributed by atoms with van der Waals surface area (Å²) in [6, 6.07) is 16.3. The van der Waals surface area contributed by atoms with Crippen molar-refractivity contribution in [3.63, 3.8) is 0 Å². The molecule has 0 aliphatic heterocycles. The molecular weight excluding hydrogens is 290 g/mol. The molecule has 0 saturated carbocycles. The van der Waals surface area contributed by atoms with Gasteiger partial charge in [-0.05, 0) is 49.2 Å². The maximum Gasteiger partial charge on any atom is 0.191 e. The van der Waals surface area contributed by atoms with Crippen LogP contribution in [0.1, 0.15) is 30.0 Å². The molecule has 2 aromatic rings. The first-order chi connectivity index (χ1) is 10.6. The molecule has 4 heteroatoms. The third-order valence-corrected chi connectivity index (χ3v) is 3.65. The number of hydrogen-bond donors (Lipinski definition) is 2. The normalized spacial score (nSPS) is 11.1. The van der Waals surface area contributed by atoms with Gasteiger partial charge in [0.2, 0.25) is 0 Å². The fourth-order valence-corrected chi connectivity index (χ4v) is 2.40. The van der Waals surface area contributed by atoms with Gasteiger partial charge in [0, 0.05) is 5.69 Å². The van der Waals surface area contributed by atoms with Crippen LogP contribution in [0, 0.1) is 13.8 Å². The predicted octanol–water partition coefficient (Wildman–Crippen LogP) is 4.40. The molecule has 3 nitrogen and oxygen atoms in total. The molecule has 0 aromatic heterocycles. The molecule has 2 aromatic carbocycles. The van der Waals surface area contributed by atoms with Crippen LogP contribution < -0.4 is 10.7 Å². The van der Waals surface area contributed by atoms with E-state index in [4.69, 9.17) is 12.2 Å². The summed E-state index contributed by atoms with van der Waals surface area (Å²) in [5.41, 5.74) is 8.38. The second-order valence-corrected chi connectivity index (χ2v) is 5.52. The topological polar surface area (TPSA) is 36.4 Å². The minimum Gasteiger partial charge on any atom is -0.331 e. The lowest BCUT2D eigenvalue weighted by atomic mass is 10.1. The van der Waals surface area contributed by atoms with Gasteiger partial charge in [0.15, 0.2) is 5.11 Å². The highest BCUT2D eigenvalue weighted by atomic mass is 32.1. The summed E-state index contributed by atoms with van der Waals surface area (Å²) in [6.07, 6.45) is 0.836. The van der Waals surface area contributed by atoms with Crippen molar-refractivity contribution in [1.82, 2.24) is 5.43 Å². The number of para-hydroxylation sites is 1. The number of benzene rings is 2. The van der Waals surface area contributed by atoms with E-state index in [1.165, 1.54) is 0 Å². The number of aryl methyl sites for hydroxylation is 2. The molecule has 0 heterocycles. The lowest BCUT2D eigenvalue weighted by Crippen LogP contribution is -2.26. The van der Waals surface area contributed by atoms with Crippen molar-refractivity contribution in [2.24, 2.45) is 5.10 Å². The quantitative estimate of drug-likeness (QED) is 0.499. The third kappa shape index (κ3) is 4.15. The molecule has 2 N–H and O–H groups in total. The first-order valence-electron chi connectivity index (χ1n) is 7.37. The summed E-state index contributed by atoms with van der Waals surface area (Å²) in [7, 11) is 0. The first-order valence-corrected chi connectivity index (χ1v) is 7.77. The zero-order chi connectivity index (χ0) is 15.9. The molecule has 0 unspecified atom stereocenters. The molecule has 22 heavy (non-hydrogen) atoms. The Morgan fingerprint density at radius 3 is 2.23 bits per heavy atom. The Morgan fingerprint density at radius 2 is 1.64 bits per heavy atom. The number of nitrogens with one attached hydrogen (secondary N) is 2. The molecule has 114 valence electrons. The molecular formula is C18H21N3S. The van der Waals surface area contributed by atoms with Crippen molar-refractivity contribution in [3.8, 4) is 0 Å². The van der Waals surface area contributed by atoms with Crippen molar-refractivity contribution >= 4 is 28.7 Å². The number of thiocarbonyl (C=S) groups is 1. The van der Waals surface area contributed by atoms with Gasteiger partial charge < -0.3 is 5.32 Å². The lowest BCUT2D eigenvalue weighted by Gasteiger charge is -2.13. The van der Waals surface area contributed by atoms with E-state index < -0.39 is 0 Å². The smallest absolute Gasteiger partial charge is 0.191 e. The molecule has 0 fully saturated rings. The number of hydrogen-bond acceptors (Lipinski definition) is 2. The molecule has 0 aliphatic rings. The van der Waals surface area contributed by atoms with Crippen molar-refractivity contribution in [1.29, 1.82) is 0 Å². The van der Waals surface area contributed by atoms with Crippen LogP contribution in [0.25, 0.3) is 0 Å². The van der Waals surface area contributed by atoms with Gasteiger partial charge in [-0.15, -0.1) is 0 Å². The zero-order valence-electron chi connectivity index (χ0n) is 13.2. The predicted molar refractivity (Wildman–Crippen MR) is 98.5 cm³/mol. The third-order valence-electron chi connectivity index (χ3n) is 3.45. The van der Waals surface area contributed by atoms with Crippen LogP contribution in [-0.2, 0) is 0 Å². The SMILES string of the molecule is CC/C(=N\NC(=S)Nc1c(C)cccc1C)c1ccccc1. The van der Waals surface area contributed by atoms with Crippen LogP contribution >= 0.6 is 12.2 Å². The molecule has 0 radical (unpaired) electrons. The molecule has 0 bridgehead atoms. The van der Waals surface area contributed by atoms with E-state index in [2.05, 4.69) is 48.7 Å². The highest BCUT2D eigenvalue weighted by molar-refractivity contribution is 7.80. The number of hydrazone groups is 1. The molecule has 0 atom stereocenters. The minimum absolute atomic E-state index is 0.499.